The van der Waals surface area contributed by atoms with Gasteiger partial charge in [-0.05, 0) is 44.0 Å². The van der Waals surface area contributed by atoms with Crippen molar-refractivity contribution in [2.75, 3.05) is 5.32 Å². The molecule has 1 amide bonds. The van der Waals surface area contributed by atoms with Crippen LogP contribution in [0.15, 0.2) is 65.0 Å². The first-order valence-electron chi connectivity index (χ1n) is 9.37. The molecule has 0 bridgehead atoms. The topological polar surface area (TPSA) is 64.0 Å². The molecule has 0 aliphatic heterocycles. The molecule has 0 spiro atoms. The van der Waals surface area contributed by atoms with Crippen LogP contribution in [0.2, 0.25) is 0 Å². The molecular weight excluding hydrogens is 382 g/mol. The number of nitrogens with one attached hydrogen (secondary N) is 1. The van der Waals surface area contributed by atoms with Crippen LogP contribution in [0.3, 0.4) is 0 Å². The molecule has 6 heteroatoms. The highest BCUT2D eigenvalue weighted by Crippen LogP contribution is 2.33. The maximum atomic E-state index is 13.3. The Labute approximate surface area is 172 Å². The van der Waals surface area contributed by atoms with Gasteiger partial charge in [0.25, 0.3) is 5.56 Å². The number of aryl methyl sites for hydroxylation is 2. The molecule has 4 rings (SSSR count). The van der Waals surface area contributed by atoms with E-state index in [2.05, 4.69) is 16.4 Å². The Hall–Kier alpha value is -3.25. The Morgan fingerprint density at radius 1 is 1.10 bits per heavy atom. The van der Waals surface area contributed by atoms with Crippen LogP contribution in [-0.2, 0) is 4.79 Å². The van der Waals surface area contributed by atoms with Crippen LogP contribution in [-0.4, -0.2) is 15.5 Å². The van der Waals surface area contributed by atoms with Gasteiger partial charge in [-0.25, -0.2) is 4.98 Å². The normalized spacial score (nSPS) is 12.1. The van der Waals surface area contributed by atoms with Crippen molar-refractivity contribution in [2.24, 2.45) is 0 Å². The van der Waals surface area contributed by atoms with Gasteiger partial charge in [0.05, 0.1) is 11.7 Å². The largest absolute Gasteiger partial charge is 0.324 e. The molecular formula is C23H21N3O2S. The summed E-state index contributed by atoms with van der Waals surface area (Å²) in [7, 11) is 0. The van der Waals surface area contributed by atoms with Crippen LogP contribution < -0.4 is 10.9 Å². The lowest BCUT2D eigenvalue weighted by atomic mass is 9.99. The number of nitrogens with zero attached hydrogens (tertiary/aromatic N) is 2. The summed E-state index contributed by atoms with van der Waals surface area (Å²) in [6, 6.07) is 14.7. The van der Waals surface area contributed by atoms with Gasteiger partial charge in [0, 0.05) is 16.6 Å². The summed E-state index contributed by atoms with van der Waals surface area (Å²) in [6.45, 7) is 5.79. The Morgan fingerprint density at radius 2 is 1.86 bits per heavy atom. The van der Waals surface area contributed by atoms with Gasteiger partial charge < -0.3 is 5.32 Å². The van der Waals surface area contributed by atoms with E-state index in [1.54, 1.807) is 6.92 Å². The first-order chi connectivity index (χ1) is 14.0. The molecule has 0 fully saturated rings. The summed E-state index contributed by atoms with van der Waals surface area (Å²) in [4.78, 5) is 31.1. The SMILES string of the molecule is Cc1ccc(-c2csc3ncn(C(C)C(=O)Nc4ccccc4)c(=O)c23)c(C)c1. The zero-order valence-corrected chi connectivity index (χ0v) is 17.3. The second kappa shape index (κ2) is 7.64. The number of rotatable bonds is 4. The van der Waals surface area contributed by atoms with Gasteiger partial charge in [-0.15, -0.1) is 11.3 Å². The van der Waals surface area contributed by atoms with Crippen LogP contribution >= 0.6 is 11.3 Å². The maximum Gasteiger partial charge on any atom is 0.263 e. The third-order valence-electron chi connectivity index (χ3n) is 5.03. The third kappa shape index (κ3) is 3.59. The number of hydrogen-bond acceptors (Lipinski definition) is 4. The van der Waals surface area contributed by atoms with Gasteiger partial charge >= 0.3 is 0 Å². The second-order valence-corrected chi connectivity index (χ2v) is 7.99. The summed E-state index contributed by atoms with van der Waals surface area (Å²) in [6.07, 6.45) is 1.46. The van der Waals surface area contributed by atoms with Gasteiger partial charge in [-0.3, -0.25) is 14.2 Å². The van der Waals surface area contributed by atoms with Crippen LogP contribution in [0.1, 0.15) is 24.1 Å². The van der Waals surface area contributed by atoms with Crippen molar-refractivity contribution in [2.45, 2.75) is 26.8 Å². The van der Waals surface area contributed by atoms with E-state index in [1.165, 1.54) is 27.8 Å². The van der Waals surface area contributed by atoms with E-state index in [0.717, 1.165) is 16.7 Å². The first kappa shape index (κ1) is 19.1. The molecule has 2 heterocycles. The number of carbonyl (C=O) groups excluding carboxylic acids is 1. The van der Waals surface area contributed by atoms with E-state index < -0.39 is 6.04 Å². The molecule has 5 nitrogen and oxygen atoms in total. The zero-order chi connectivity index (χ0) is 20.5. The zero-order valence-electron chi connectivity index (χ0n) is 16.5. The predicted molar refractivity (Wildman–Crippen MR) is 119 cm³/mol. The van der Waals surface area contributed by atoms with Gasteiger partial charge in [0.1, 0.15) is 10.9 Å². The number of carbonyl (C=O) groups is 1. The number of aromatic nitrogens is 2. The molecule has 0 aliphatic carbocycles. The summed E-state index contributed by atoms with van der Waals surface area (Å²) in [5.74, 6) is -0.261. The van der Waals surface area contributed by atoms with Crippen LogP contribution in [0.5, 0.6) is 0 Å². The lowest BCUT2D eigenvalue weighted by Crippen LogP contribution is -2.31. The fourth-order valence-electron chi connectivity index (χ4n) is 3.43. The van der Waals surface area contributed by atoms with E-state index >= 15 is 0 Å². The number of para-hydroxylation sites is 1. The highest BCUT2D eigenvalue weighted by Gasteiger charge is 2.21. The molecule has 29 heavy (non-hydrogen) atoms. The molecule has 1 N–H and O–H groups in total. The van der Waals surface area contributed by atoms with Crippen molar-refractivity contribution < 1.29 is 4.79 Å². The average molecular weight is 404 g/mol. The van der Waals surface area contributed by atoms with Gasteiger partial charge in [0.15, 0.2) is 0 Å². The third-order valence-corrected chi connectivity index (χ3v) is 5.92. The predicted octanol–water partition coefficient (Wildman–Crippen LogP) is 4.94. The van der Waals surface area contributed by atoms with Gasteiger partial charge in [0.2, 0.25) is 5.91 Å². The molecule has 2 aromatic heterocycles. The average Bonchev–Trinajstić information content (AvgIpc) is 3.13. The molecule has 0 aliphatic rings. The van der Waals surface area contributed by atoms with Gasteiger partial charge in [-0.2, -0.15) is 0 Å². The molecule has 2 aromatic carbocycles. The highest BCUT2D eigenvalue weighted by molar-refractivity contribution is 7.17. The lowest BCUT2D eigenvalue weighted by Gasteiger charge is -2.15. The van der Waals surface area contributed by atoms with Crippen molar-refractivity contribution in [1.82, 2.24) is 9.55 Å². The molecule has 0 saturated carbocycles. The summed E-state index contributed by atoms with van der Waals surface area (Å²) < 4.78 is 1.40. The van der Waals surface area contributed by atoms with E-state index in [1.807, 2.05) is 61.7 Å². The Bertz CT molecular complexity index is 1260. The maximum absolute atomic E-state index is 13.3. The number of fused-ring (bicyclic) bond motifs is 1. The molecule has 4 aromatic rings. The Morgan fingerprint density at radius 3 is 2.59 bits per heavy atom. The highest BCUT2D eigenvalue weighted by atomic mass is 32.1. The molecule has 0 radical (unpaired) electrons. The van der Waals surface area contributed by atoms with E-state index in [9.17, 15) is 9.59 Å². The molecule has 146 valence electrons. The summed E-state index contributed by atoms with van der Waals surface area (Å²) in [5.41, 5.74) is 4.65. The molecule has 1 atom stereocenters. The van der Waals surface area contributed by atoms with Crippen LogP contribution in [0.4, 0.5) is 5.69 Å². The first-order valence-corrected chi connectivity index (χ1v) is 10.3. The quantitative estimate of drug-likeness (QED) is 0.525. The monoisotopic (exact) mass is 403 g/mol. The number of thiophene rings is 1. The fourth-order valence-corrected chi connectivity index (χ4v) is 4.33. The number of benzene rings is 2. The Balaban J connectivity index is 1.76. The van der Waals surface area contributed by atoms with Crippen LogP contribution in [0.25, 0.3) is 21.3 Å². The lowest BCUT2D eigenvalue weighted by molar-refractivity contribution is -0.118. The fraction of sp³-hybridized carbons (Fsp3) is 0.174. The summed E-state index contributed by atoms with van der Waals surface area (Å²) >= 11 is 1.44. The number of amides is 1. The van der Waals surface area contributed by atoms with E-state index in [-0.39, 0.29) is 11.5 Å². The minimum absolute atomic E-state index is 0.207. The number of anilines is 1. The Kier molecular flexibility index (Phi) is 5.03. The van der Waals surface area contributed by atoms with E-state index in [4.69, 9.17) is 0 Å². The second-order valence-electron chi connectivity index (χ2n) is 7.14. The minimum Gasteiger partial charge on any atom is -0.324 e. The van der Waals surface area contributed by atoms with Crippen LogP contribution in [0, 0.1) is 13.8 Å². The van der Waals surface area contributed by atoms with E-state index in [0.29, 0.717) is 15.9 Å². The van der Waals surface area contributed by atoms with Crippen molar-refractivity contribution in [1.29, 1.82) is 0 Å². The molecule has 0 saturated heterocycles. The van der Waals surface area contributed by atoms with Crippen molar-refractivity contribution >= 4 is 33.1 Å². The number of hydrogen-bond donors (Lipinski definition) is 1. The standard InChI is InChI=1S/C23H21N3O2S/c1-14-9-10-18(15(2)11-14)19-12-29-22-20(19)23(28)26(13-24-22)16(3)21(27)25-17-7-5-4-6-8-17/h4-13,16H,1-3H3,(H,25,27). The summed E-state index contributed by atoms with van der Waals surface area (Å²) in [5, 5.41) is 5.37. The van der Waals surface area contributed by atoms with Crippen molar-refractivity contribution in [3.05, 3.63) is 81.7 Å². The molecule has 1 unspecified atom stereocenters. The minimum atomic E-state index is -0.688. The van der Waals surface area contributed by atoms with Crippen molar-refractivity contribution in [3.63, 3.8) is 0 Å². The van der Waals surface area contributed by atoms with Crippen molar-refractivity contribution in [3.8, 4) is 11.1 Å². The van der Waals surface area contributed by atoms with Gasteiger partial charge in [-0.1, -0.05) is 42.0 Å². The smallest absolute Gasteiger partial charge is 0.263 e.